The molecule has 0 aliphatic rings. The quantitative estimate of drug-likeness (QED) is 0.769. The van der Waals surface area contributed by atoms with Crippen LogP contribution in [0.2, 0.25) is 0 Å². The first-order valence-corrected chi connectivity index (χ1v) is 4.49. The van der Waals surface area contributed by atoms with E-state index in [1.165, 1.54) is 0 Å². The minimum Gasteiger partial charge on any atom is -0.491 e. The number of aliphatic hydroxyl groups is 1. The van der Waals surface area contributed by atoms with Gasteiger partial charge in [0, 0.05) is 6.07 Å². The molecule has 1 heterocycles. The number of fused-ring (bicyclic) bond motifs is 1. The van der Waals surface area contributed by atoms with Crippen molar-refractivity contribution in [3.05, 3.63) is 24.0 Å². The topological polar surface area (TPSA) is 58.1 Å². The molecule has 0 spiro atoms. The van der Waals surface area contributed by atoms with Gasteiger partial charge in [-0.3, -0.25) is 0 Å². The van der Waals surface area contributed by atoms with Crippen molar-refractivity contribution < 1.29 is 9.84 Å². The number of ether oxygens (including phenoxy) is 1. The molecular formula is C10H12N2O2. The summed E-state index contributed by atoms with van der Waals surface area (Å²) in [4.78, 5) is 7.40. The van der Waals surface area contributed by atoms with Crippen LogP contribution in [0.5, 0.6) is 5.75 Å². The highest BCUT2D eigenvalue weighted by Gasteiger charge is 2.00. The van der Waals surface area contributed by atoms with Gasteiger partial charge in [-0.15, -0.1) is 0 Å². The molecule has 1 aromatic carbocycles. The van der Waals surface area contributed by atoms with Crippen LogP contribution in [0.15, 0.2) is 18.2 Å². The fourth-order valence-electron chi connectivity index (χ4n) is 1.37. The summed E-state index contributed by atoms with van der Waals surface area (Å²) in [5, 5.41) is 8.60. The Morgan fingerprint density at radius 2 is 2.36 bits per heavy atom. The van der Waals surface area contributed by atoms with Crippen LogP contribution >= 0.6 is 0 Å². The van der Waals surface area contributed by atoms with Crippen molar-refractivity contribution >= 4 is 11.0 Å². The average molecular weight is 192 g/mol. The first-order chi connectivity index (χ1) is 6.79. The maximum Gasteiger partial charge on any atom is 0.121 e. The van der Waals surface area contributed by atoms with Gasteiger partial charge in [-0.1, -0.05) is 0 Å². The number of aromatic nitrogens is 2. The predicted molar refractivity (Wildman–Crippen MR) is 53.4 cm³/mol. The molecule has 74 valence electrons. The lowest BCUT2D eigenvalue weighted by Crippen LogP contribution is -2.01. The number of imidazole rings is 1. The number of aryl methyl sites for hydroxylation is 1. The molecule has 2 aromatic rings. The van der Waals surface area contributed by atoms with E-state index in [-0.39, 0.29) is 6.61 Å². The number of benzene rings is 1. The average Bonchev–Trinajstić information content (AvgIpc) is 2.54. The number of nitrogens with one attached hydrogen (secondary N) is 1. The lowest BCUT2D eigenvalue weighted by molar-refractivity contribution is 0.201. The van der Waals surface area contributed by atoms with Crippen LogP contribution in [0.3, 0.4) is 0 Å². The van der Waals surface area contributed by atoms with Gasteiger partial charge in [-0.05, 0) is 19.1 Å². The molecule has 0 saturated carbocycles. The Bertz CT molecular complexity index is 437. The third-order valence-corrected chi connectivity index (χ3v) is 1.93. The molecule has 0 saturated heterocycles. The van der Waals surface area contributed by atoms with Gasteiger partial charge < -0.3 is 14.8 Å². The van der Waals surface area contributed by atoms with E-state index < -0.39 is 0 Å². The molecule has 0 unspecified atom stereocenters. The Kier molecular flexibility index (Phi) is 2.37. The highest BCUT2D eigenvalue weighted by atomic mass is 16.5. The van der Waals surface area contributed by atoms with Crippen molar-refractivity contribution in [2.45, 2.75) is 6.92 Å². The van der Waals surface area contributed by atoms with E-state index in [9.17, 15) is 0 Å². The molecule has 0 atom stereocenters. The number of hydrogen-bond acceptors (Lipinski definition) is 3. The number of nitrogens with zero attached hydrogens (tertiary/aromatic N) is 1. The summed E-state index contributed by atoms with van der Waals surface area (Å²) in [6.07, 6.45) is 0. The van der Waals surface area contributed by atoms with Crippen LogP contribution < -0.4 is 4.74 Å². The van der Waals surface area contributed by atoms with E-state index in [1.807, 2.05) is 25.1 Å². The van der Waals surface area contributed by atoms with Gasteiger partial charge in [0.25, 0.3) is 0 Å². The summed E-state index contributed by atoms with van der Waals surface area (Å²) in [6, 6.07) is 5.62. The minimum atomic E-state index is 0.0278. The largest absolute Gasteiger partial charge is 0.491 e. The molecular weight excluding hydrogens is 180 g/mol. The monoisotopic (exact) mass is 192 g/mol. The molecule has 14 heavy (non-hydrogen) atoms. The first-order valence-electron chi connectivity index (χ1n) is 4.49. The van der Waals surface area contributed by atoms with Gasteiger partial charge in [0.1, 0.15) is 18.2 Å². The lowest BCUT2D eigenvalue weighted by atomic mass is 10.3. The van der Waals surface area contributed by atoms with Gasteiger partial charge in [0.05, 0.1) is 17.6 Å². The second-order valence-corrected chi connectivity index (χ2v) is 3.07. The van der Waals surface area contributed by atoms with Gasteiger partial charge in [0.15, 0.2) is 0 Å². The molecule has 0 fully saturated rings. The van der Waals surface area contributed by atoms with Crippen molar-refractivity contribution in [3.8, 4) is 5.75 Å². The fraction of sp³-hybridized carbons (Fsp3) is 0.300. The zero-order valence-corrected chi connectivity index (χ0v) is 7.95. The van der Waals surface area contributed by atoms with Crippen LogP contribution in [-0.2, 0) is 0 Å². The molecule has 2 N–H and O–H groups in total. The molecule has 0 radical (unpaired) electrons. The van der Waals surface area contributed by atoms with Gasteiger partial charge in [-0.2, -0.15) is 0 Å². The van der Waals surface area contributed by atoms with E-state index in [0.29, 0.717) is 6.61 Å². The van der Waals surface area contributed by atoms with Crippen molar-refractivity contribution in [1.29, 1.82) is 0 Å². The molecule has 1 aromatic heterocycles. The Morgan fingerprint density at radius 3 is 3.14 bits per heavy atom. The molecule has 0 aliphatic heterocycles. The number of hydrogen-bond donors (Lipinski definition) is 2. The van der Waals surface area contributed by atoms with Crippen LogP contribution in [0.4, 0.5) is 0 Å². The molecule has 2 rings (SSSR count). The summed E-state index contributed by atoms with van der Waals surface area (Å²) < 4.78 is 5.27. The second-order valence-electron chi connectivity index (χ2n) is 3.07. The lowest BCUT2D eigenvalue weighted by Gasteiger charge is -2.02. The summed E-state index contributed by atoms with van der Waals surface area (Å²) in [7, 11) is 0. The molecule has 0 aliphatic carbocycles. The third-order valence-electron chi connectivity index (χ3n) is 1.93. The Balaban J connectivity index is 2.31. The second kappa shape index (κ2) is 3.67. The number of H-pyrrole nitrogens is 1. The maximum atomic E-state index is 8.60. The molecule has 0 bridgehead atoms. The summed E-state index contributed by atoms with van der Waals surface area (Å²) in [5.41, 5.74) is 1.89. The maximum absolute atomic E-state index is 8.60. The summed E-state index contributed by atoms with van der Waals surface area (Å²) in [5.74, 6) is 1.63. The predicted octanol–water partition coefficient (Wildman–Crippen LogP) is 1.24. The number of rotatable bonds is 3. The summed E-state index contributed by atoms with van der Waals surface area (Å²) in [6.45, 7) is 2.26. The number of aliphatic hydroxyl groups excluding tert-OH is 1. The minimum absolute atomic E-state index is 0.0278. The van der Waals surface area contributed by atoms with Crippen LogP contribution in [-0.4, -0.2) is 28.3 Å². The number of aromatic amines is 1. The van der Waals surface area contributed by atoms with E-state index in [2.05, 4.69) is 9.97 Å². The van der Waals surface area contributed by atoms with Gasteiger partial charge in [0.2, 0.25) is 0 Å². The van der Waals surface area contributed by atoms with Crippen molar-refractivity contribution in [2.24, 2.45) is 0 Å². The first kappa shape index (κ1) is 9.02. The third kappa shape index (κ3) is 1.70. The molecule has 4 nitrogen and oxygen atoms in total. The smallest absolute Gasteiger partial charge is 0.121 e. The zero-order valence-electron chi connectivity index (χ0n) is 7.95. The summed E-state index contributed by atoms with van der Waals surface area (Å²) >= 11 is 0. The van der Waals surface area contributed by atoms with E-state index in [1.54, 1.807) is 0 Å². The standard InChI is InChI=1S/C10H12N2O2/c1-7-11-9-3-2-8(14-5-4-13)6-10(9)12-7/h2-3,6,13H,4-5H2,1H3,(H,11,12). The van der Waals surface area contributed by atoms with Crippen LogP contribution in [0.25, 0.3) is 11.0 Å². The highest BCUT2D eigenvalue weighted by Crippen LogP contribution is 2.18. The van der Waals surface area contributed by atoms with Crippen LogP contribution in [0, 0.1) is 6.92 Å². The Morgan fingerprint density at radius 1 is 1.50 bits per heavy atom. The highest BCUT2D eigenvalue weighted by molar-refractivity contribution is 5.76. The fourth-order valence-corrected chi connectivity index (χ4v) is 1.37. The van der Waals surface area contributed by atoms with Crippen molar-refractivity contribution in [2.75, 3.05) is 13.2 Å². The van der Waals surface area contributed by atoms with Crippen LogP contribution in [0.1, 0.15) is 5.82 Å². The van der Waals surface area contributed by atoms with Crippen molar-refractivity contribution in [1.82, 2.24) is 9.97 Å². The Labute approximate surface area is 81.5 Å². The normalized spacial score (nSPS) is 10.7. The molecule has 0 amide bonds. The van der Waals surface area contributed by atoms with E-state index >= 15 is 0 Å². The van der Waals surface area contributed by atoms with Gasteiger partial charge >= 0.3 is 0 Å². The SMILES string of the molecule is Cc1nc2ccc(OCCO)cc2[nH]1. The van der Waals surface area contributed by atoms with Crippen molar-refractivity contribution in [3.63, 3.8) is 0 Å². The molecule has 4 heteroatoms. The van der Waals surface area contributed by atoms with E-state index in [4.69, 9.17) is 9.84 Å². The van der Waals surface area contributed by atoms with Gasteiger partial charge in [-0.25, -0.2) is 4.98 Å². The zero-order chi connectivity index (χ0) is 9.97. The van der Waals surface area contributed by atoms with E-state index in [0.717, 1.165) is 22.6 Å². The Hall–Kier alpha value is -1.55.